The topological polar surface area (TPSA) is 18.5 Å². The van der Waals surface area contributed by atoms with Crippen molar-refractivity contribution in [1.82, 2.24) is 0 Å². The van der Waals surface area contributed by atoms with Crippen molar-refractivity contribution >= 4 is 0 Å². The molecule has 0 aromatic heterocycles. The minimum atomic E-state index is 0.373. The van der Waals surface area contributed by atoms with Crippen LogP contribution in [0.15, 0.2) is 24.3 Å². The van der Waals surface area contributed by atoms with Gasteiger partial charge in [0.25, 0.3) is 0 Å². The highest BCUT2D eigenvalue weighted by molar-refractivity contribution is 5.23. The Bertz CT molecular complexity index is 286. The van der Waals surface area contributed by atoms with E-state index in [1.807, 2.05) is 12.1 Å². The molecule has 0 N–H and O–H groups in total. The summed E-state index contributed by atoms with van der Waals surface area (Å²) >= 11 is 0. The molecule has 0 saturated carbocycles. The van der Waals surface area contributed by atoms with E-state index in [-0.39, 0.29) is 0 Å². The molecule has 15 heavy (non-hydrogen) atoms. The molecule has 1 saturated heterocycles. The van der Waals surface area contributed by atoms with Crippen LogP contribution >= 0.6 is 0 Å². The van der Waals surface area contributed by atoms with E-state index in [2.05, 4.69) is 19.1 Å². The molecular formula is C13H17O2. The Morgan fingerprint density at radius 3 is 2.53 bits per heavy atom. The lowest BCUT2D eigenvalue weighted by molar-refractivity contribution is -0.0390. The van der Waals surface area contributed by atoms with Gasteiger partial charge in [0.15, 0.2) is 0 Å². The highest BCUT2D eigenvalue weighted by atomic mass is 16.5. The number of hydrogen-bond acceptors (Lipinski definition) is 2. The van der Waals surface area contributed by atoms with Crippen LogP contribution in [0.3, 0.4) is 0 Å². The molecule has 2 rings (SSSR count). The number of ether oxygens (including phenoxy) is 2. The first kappa shape index (κ1) is 10.7. The quantitative estimate of drug-likeness (QED) is 0.755. The summed E-state index contributed by atoms with van der Waals surface area (Å²) in [6.07, 6.45) is 2.42. The van der Waals surface area contributed by atoms with Gasteiger partial charge in [0, 0.05) is 13.2 Å². The summed E-state index contributed by atoms with van der Waals surface area (Å²) in [6, 6.07) is 8.18. The normalized spacial score (nSPS) is 17.9. The largest absolute Gasteiger partial charge is 0.381 e. The van der Waals surface area contributed by atoms with Gasteiger partial charge < -0.3 is 9.47 Å². The molecule has 0 unspecified atom stereocenters. The lowest BCUT2D eigenvalue weighted by Gasteiger charge is -2.22. The lowest BCUT2D eigenvalue weighted by atomic mass is 10.1. The zero-order valence-electron chi connectivity index (χ0n) is 8.95. The van der Waals surface area contributed by atoms with Crippen LogP contribution in [0, 0.1) is 6.92 Å². The fourth-order valence-electron chi connectivity index (χ4n) is 1.69. The molecule has 0 atom stereocenters. The molecule has 81 valence electrons. The molecule has 1 aliphatic rings. The summed E-state index contributed by atoms with van der Waals surface area (Å²) in [5, 5.41) is 0. The van der Waals surface area contributed by atoms with Crippen LogP contribution in [-0.2, 0) is 16.1 Å². The second kappa shape index (κ2) is 5.29. The Morgan fingerprint density at radius 2 is 1.87 bits per heavy atom. The molecule has 1 fully saturated rings. The SMILES string of the molecule is [CH2]c1ccc(COC2CCOCC2)cc1. The van der Waals surface area contributed by atoms with Crippen molar-refractivity contribution in [3.05, 3.63) is 42.3 Å². The van der Waals surface area contributed by atoms with E-state index in [9.17, 15) is 0 Å². The summed E-state index contributed by atoms with van der Waals surface area (Å²) in [4.78, 5) is 0. The molecule has 0 bridgehead atoms. The van der Waals surface area contributed by atoms with Crippen LogP contribution in [0.25, 0.3) is 0 Å². The van der Waals surface area contributed by atoms with Crippen molar-refractivity contribution in [3.8, 4) is 0 Å². The van der Waals surface area contributed by atoms with Gasteiger partial charge in [0.05, 0.1) is 12.7 Å². The second-order valence-electron chi connectivity index (χ2n) is 3.94. The van der Waals surface area contributed by atoms with Gasteiger partial charge in [-0.1, -0.05) is 24.3 Å². The predicted octanol–water partition coefficient (Wildman–Crippen LogP) is 2.56. The van der Waals surface area contributed by atoms with Gasteiger partial charge in [-0.25, -0.2) is 0 Å². The van der Waals surface area contributed by atoms with Gasteiger partial charge >= 0.3 is 0 Å². The second-order valence-corrected chi connectivity index (χ2v) is 3.94. The van der Waals surface area contributed by atoms with E-state index in [4.69, 9.17) is 9.47 Å². The van der Waals surface area contributed by atoms with Gasteiger partial charge in [-0.3, -0.25) is 0 Å². The third kappa shape index (κ3) is 3.33. The summed E-state index contributed by atoms with van der Waals surface area (Å²) < 4.78 is 11.1. The van der Waals surface area contributed by atoms with Crippen molar-refractivity contribution in [2.45, 2.75) is 25.6 Å². The third-order valence-electron chi connectivity index (χ3n) is 2.68. The van der Waals surface area contributed by atoms with Gasteiger partial charge in [0.1, 0.15) is 0 Å². The maximum Gasteiger partial charge on any atom is 0.0720 e. The first-order valence-electron chi connectivity index (χ1n) is 5.45. The van der Waals surface area contributed by atoms with Crippen molar-refractivity contribution in [2.24, 2.45) is 0 Å². The monoisotopic (exact) mass is 205 g/mol. The highest BCUT2D eigenvalue weighted by Crippen LogP contribution is 2.13. The molecular weight excluding hydrogens is 188 g/mol. The van der Waals surface area contributed by atoms with Crippen molar-refractivity contribution in [3.63, 3.8) is 0 Å². The van der Waals surface area contributed by atoms with Crippen LogP contribution in [0.2, 0.25) is 0 Å². The molecule has 1 aliphatic heterocycles. The maximum absolute atomic E-state index is 5.81. The summed E-state index contributed by atoms with van der Waals surface area (Å²) in [7, 11) is 0. The van der Waals surface area contributed by atoms with Gasteiger partial charge in [0.2, 0.25) is 0 Å². The van der Waals surface area contributed by atoms with Gasteiger partial charge in [-0.15, -0.1) is 0 Å². The molecule has 0 aliphatic carbocycles. The number of hydrogen-bond donors (Lipinski definition) is 0. The molecule has 2 nitrogen and oxygen atoms in total. The standard InChI is InChI=1S/C13H17O2/c1-11-2-4-12(5-3-11)10-15-13-6-8-14-9-7-13/h2-5,13H,1,6-10H2. The van der Waals surface area contributed by atoms with Crippen LogP contribution in [-0.4, -0.2) is 19.3 Å². The Morgan fingerprint density at radius 1 is 1.20 bits per heavy atom. The van der Waals surface area contributed by atoms with Crippen LogP contribution in [0.5, 0.6) is 0 Å². The molecule has 0 amide bonds. The molecule has 0 spiro atoms. The van der Waals surface area contributed by atoms with Crippen molar-refractivity contribution in [2.75, 3.05) is 13.2 Å². The fraction of sp³-hybridized carbons (Fsp3) is 0.462. The van der Waals surface area contributed by atoms with E-state index < -0.39 is 0 Å². The molecule has 1 heterocycles. The van der Waals surface area contributed by atoms with E-state index in [1.54, 1.807) is 0 Å². The maximum atomic E-state index is 5.81. The average Bonchev–Trinajstić information content (AvgIpc) is 2.30. The Kier molecular flexibility index (Phi) is 3.75. The van der Waals surface area contributed by atoms with Crippen molar-refractivity contribution < 1.29 is 9.47 Å². The average molecular weight is 205 g/mol. The summed E-state index contributed by atoms with van der Waals surface area (Å²) in [5.74, 6) is 0. The number of rotatable bonds is 3. The van der Waals surface area contributed by atoms with Gasteiger partial charge in [-0.05, 0) is 30.9 Å². The molecule has 2 heteroatoms. The highest BCUT2D eigenvalue weighted by Gasteiger charge is 2.13. The zero-order valence-corrected chi connectivity index (χ0v) is 8.95. The lowest BCUT2D eigenvalue weighted by Crippen LogP contribution is -2.23. The van der Waals surface area contributed by atoms with E-state index >= 15 is 0 Å². The van der Waals surface area contributed by atoms with Gasteiger partial charge in [-0.2, -0.15) is 0 Å². The van der Waals surface area contributed by atoms with Crippen molar-refractivity contribution in [1.29, 1.82) is 0 Å². The predicted molar refractivity (Wildman–Crippen MR) is 59.5 cm³/mol. The Hall–Kier alpha value is -0.860. The van der Waals surface area contributed by atoms with E-state index in [0.29, 0.717) is 12.7 Å². The summed E-state index contributed by atoms with van der Waals surface area (Å²) in [6.45, 7) is 6.23. The number of benzene rings is 1. The Balaban J connectivity index is 1.79. The Labute approximate surface area is 91.2 Å². The van der Waals surface area contributed by atoms with E-state index in [0.717, 1.165) is 31.6 Å². The molecule has 1 aromatic carbocycles. The minimum absolute atomic E-state index is 0.373. The fourth-order valence-corrected chi connectivity index (χ4v) is 1.69. The third-order valence-corrected chi connectivity index (χ3v) is 2.68. The zero-order chi connectivity index (χ0) is 10.5. The van der Waals surface area contributed by atoms with Crippen LogP contribution in [0.1, 0.15) is 24.0 Å². The van der Waals surface area contributed by atoms with E-state index in [1.165, 1.54) is 5.56 Å². The van der Waals surface area contributed by atoms with Crippen LogP contribution in [0.4, 0.5) is 0 Å². The summed E-state index contributed by atoms with van der Waals surface area (Å²) in [5.41, 5.74) is 2.26. The smallest absolute Gasteiger partial charge is 0.0720 e. The molecule has 1 aromatic rings. The first-order valence-corrected chi connectivity index (χ1v) is 5.45. The minimum Gasteiger partial charge on any atom is -0.381 e. The molecule has 1 radical (unpaired) electrons. The first-order chi connectivity index (χ1) is 7.34. The van der Waals surface area contributed by atoms with Crippen LogP contribution < -0.4 is 0 Å².